The normalized spacial score (nSPS) is 21.0. The summed E-state index contributed by atoms with van der Waals surface area (Å²) in [4.78, 5) is 50.4. The van der Waals surface area contributed by atoms with Crippen molar-refractivity contribution in [1.29, 1.82) is 0 Å². The maximum atomic E-state index is 13.4. The fraction of sp³-hybridized carbons (Fsp3) is 0.560. The van der Waals surface area contributed by atoms with E-state index in [9.17, 15) is 24.5 Å². The van der Waals surface area contributed by atoms with Crippen molar-refractivity contribution in [3.05, 3.63) is 49.9 Å². The van der Waals surface area contributed by atoms with Gasteiger partial charge in [0.05, 0.1) is 26.4 Å². The van der Waals surface area contributed by atoms with Crippen LogP contribution in [0.5, 0.6) is 0 Å². The molecule has 0 radical (unpaired) electrons. The quantitative estimate of drug-likeness (QED) is 0.129. The van der Waals surface area contributed by atoms with Crippen molar-refractivity contribution in [2.45, 2.75) is 82.5 Å². The number of β-lactam (4-membered cyclic amide) rings is 1. The highest BCUT2D eigenvalue weighted by Crippen LogP contribution is 2.55. The molecule has 0 bridgehead atoms. The molecular formula is C25H35N3O7S2Si. The number of amides is 2. The highest BCUT2D eigenvalue weighted by atomic mass is 32.2. The Morgan fingerprint density at radius 2 is 1.87 bits per heavy atom. The van der Waals surface area contributed by atoms with Gasteiger partial charge in [0.1, 0.15) is 12.0 Å². The number of nitro benzene ring substituents is 1. The Bertz CT molecular complexity index is 1150. The summed E-state index contributed by atoms with van der Waals surface area (Å²) in [6, 6.07) is 5.67. The number of nitrogens with two attached hydrogens (primary N) is 1. The molecule has 2 aliphatic rings. The summed E-state index contributed by atoms with van der Waals surface area (Å²) in [7, 11) is -2.14. The van der Waals surface area contributed by atoms with Crippen molar-refractivity contribution in [2.75, 3.05) is 0 Å². The third-order valence-corrected chi connectivity index (χ3v) is 14.7. The first-order chi connectivity index (χ1) is 17.6. The summed E-state index contributed by atoms with van der Waals surface area (Å²) in [5.74, 6) is -1.88. The fourth-order valence-electron chi connectivity index (χ4n) is 3.93. The number of primary amides is 1. The number of hydrogen-bond donors (Lipinski definition) is 1. The summed E-state index contributed by atoms with van der Waals surface area (Å²) < 4.78 is 12.5. The van der Waals surface area contributed by atoms with E-state index in [1.807, 2.05) is 13.8 Å². The number of thioether (sulfide) groups is 2. The molecule has 1 aromatic rings. The van der Waals surface area contributed by atoms with E-state index >= 15 is 0 Å². The van der Waals surface area contributed by atoms with Crippen LogP contribution in [0.3, 0.4) is 0 Å². The van der Waals surface area contributed by atoms with Crippen LogP contribution in [0.1, 0.15) is 46.6 Å². The number of nitrogens with zero attached hydrogens (tertiary/aromatic N) is 2. The van der Waals surface area contributed by atoms with Crippen molar-refractivity contribution in [3.8, 4) is 0 Å². The highest BCUT2D eigenvalue weighted by molar-refractivity contribution is 8.23. The second-order valence-electron chi connectivity index (χ2n) is 10.9. The highest BCUT2D eigenvalue weighted by Gasteiger charge is 2.59. The summed E-state index contributed by atoms with van der Waals surface area (Å²) in [6.45, 7) is 14.3. The Morgan fingerprint density at radius 1 is 1.26 bits per heavy atom. The Labute approximate surface area is 232 Å². The lowest BCUT2D eigenvalue weighted by Crippen LogP contribution is -2.62. The number of nitro groups is 1. The molecule has 2 N–H and O–H groups in total. The van der Waals surface area contributed by atoms with Crippen LogP contribution in [0, 0.1) is 16.0 Å². The molecule has 4 atom stereocenters. The van der Waals surface area contributed by atoms with E-state index in [2.05, 4.69) is 33.9 Å². The number of benzene rings is 1. The van der Waals surface area contributed by atoms with Crippen LogP contribution in [0.15, 0.2) is 34.2 Å². The molecule has 0 saturated carbocycles. The standard InChI is InChI=1S/C25H35N3O7S2Si/c1-8-17(20(26)29)36-24-19(23(31)34-13-15-9-11-16(12-10-15)28(32)33)27-21(30)18(22(27)37-24)14(2)35-38(6,7)25(3,4)5/h9-12,14,17-18,22H,8,13H2,1-7H3,(H2,26,29)/t14-,17?,18+,22-/m1/s1. The van der Waals surface area contributed by atoms with Crippen LogP contribution in [0.4, 0.5) is 5.69 Å². The van der Waals surface area contributed by atoms with Gasteiger partial charge in [-0.15, -0.1) is 11.8 Å². The minimum absolute atomic E-state index is 0.0293. The number of carbonyl (C=O) groups is 3. The number of carbonyl (C=O) groups excluding carboxylic acids is 3. The van der Waals surface area contributed by atoms with Crippen LogP contribution in [-0.4, -0.2) is 52.7 Å². The zero-order valence-electron chi connectivity index (χ0n) is 22.7. The van der Waals surface area contributed by atoms with Crippen molar-refractivity contribution >= 4 is 55.3 Å². The summed E-state index contributed by atoms with van der Waals surface area (Å²) in [5, 5.41) is 9.94. The van der Waals surface area contributed by atoms with E-state index in [-0.39, 0.29) is 40.4 Å². The summed E-state index contributed by atoms with van der Waals surface area (Å²) in [6.07, 6.45) is 0.110. The molecular weight excluding hydrogens is 547 g/mol. The van der Waals surface area contributed by atoms with Gasteiger partial charge in [-0.3, -0.25) is 24.6 Å². The Kier molecular flexibility index (Phi) is 9.06. The minimum Gasteiger partial charge on any atom is -0.456 e. The lowest BCUT2D eigenvalue weighted by atomic mass is 9.92. The molecule has 13 heteroatoms. The number of esters is 1. The molecule has 0 aliphatic carbocycles. The molecule has 0 aromatic heterocycles. The molecule has 2 amide bonds. The van der Waals surface area contributed by atoms with Crippen LogP contribution in [-0.2, 0) is 30.2 Å². The first kappa shape index (κ1) is 30.2. The van der Waals surface area contributed by atoms with Gasteiger partial charge >= 0.3 is 5.97 Å². The first-order valence-corrected chi connectivity index (χ1v) is 17.0. The average Bonchev–Trinajstić information content (AvgIpc) is 3.13. The molecule has 2 heterocycles. The number of fused-ring (bicyclic) bond motifs is 1. The van der Waals surface area contributed by atoms with E-state index in [0.29, 0.717) is 16.2 Å². The van der Waals surface area contributed by atoms with Gasteiger partial charge in [-0.25, -0.2) is 4.79 Å². The fourth-order valence-corrected chi connectivity index (χ4v) is 8.37. The van der Waals surface area contributed by atoms with Gasteiger partial charge in [0.2, 0.25) is 11.8 Å². The van der Waals surface area contributed by atoms with Crippen molar-refractivity contribution < 1.29 is 28.5 Å². The molecule has 1 unspecified atom stereocenters. The van der Waals surface area contributed by atoms with Gasteiger partial charge in [0, 0.05) is 12.1 Å². The van der Waals surface area contributed by atoms with E-state index in [4.69, 9.17) is 14.9 Å². The lowest BCUT2D eigenvalue weighted by molar-refractivity contribution is -0.384. The summed E-state index contributed by atoms with van der Waals surface area (Å²) >= 11 is 2.53. The zero-order chi connectivity index (χ0) is 28.6. The van der Waals surface area contributed by atoms with Crippen LogP contribution >= 0.6 is 23.5 Å². The Morgan fingerprint density at radius 3 is 2.37 bits per heavy atom. The number of hydrogen-bond acceptors (Lipinski definition) is 9. The molecule has 2 aliphatic heterocycles. The van der Waals surface area contributed by atoms with Gasteiger partial charge in [0.15, 0.2) is 14.0 Å². The SMILES string of the molecule is CCC(SC1=C(C(=O)OCc2ccc([N+](=O)[O-])cc2)N2C(=O)[C@H]([C@@H](C)O[Si](C)(C)C(C)(C)C)[C@H]2S1)C(N)=O. The van der Waals surface area contributed by atoms with Gasteiger partial charge < -0.3 is 14.9 Å². The predicted molar refractivity (Wildman–Crippen MR) is 150 cm³/mol. The number of rotatable bonds is 11. The third kappa shape index (κ3) is 6.10. The van der Waals surface area contributed by atoms with Gasteiger partial charge in [-0.05, 0) is 49.2 Å². The number of ether oxygens (including phenoxy) is 1. The van der Waals surface area contributed by atoms with Crippen molar-refractivity contribution in [3.63, 3.8) is 0 Å². The molecule has 0 spiro atoms. The second kappa shape index (κ2) is 11.4. The topological polar surface area (TPSA) is 142 Å². The average molecular weight is 582 g/mol. The number of non-ortho nitro benzene ring substituents is 1. The van der Waals surface area contributed by atoms with E-state index in [0.717, 1.165) is 0 Å². The molecule has 1 saturated heterocycles. The largest absolute Gasteiger partial charge is 0.456 e. The minimum atomic E-state index is -2.14. The van der Waals surface area contributed by atoms with Gasteiger partial charge in [-0.2, -0.15) is 0 Å². The lowest BCUT2D eigenvalue weighted by Gasteiger charge is -2.48. The molecule has 1 aromatic carbocycles. The van der Waals surface area contributed by atoms with E-state index in [1.165, 1.54) is 52.7 Å². The Hall–Kier alpha value is -2.35. The second-order valence-corrected chi connectivity index (χ2v) is 18.2. The van der Waals surface area contributed by atoms with Crippen molar-refractivity contribution in [2.24, 2.45) is 11.7 Å². The van der Waals surface area contributed by atoms with E-state index in [1.54, 1.807) is 0 Å². The molecule has 1 fully saturated rings. The molecule has 3 rings (SSSR count). The molecule has 10 nitrogen and oxygen atoms in total. The maximum absolute atomic E-state index is 13.4. The van der Waals surface area contributed by atoms with Crippen molar-refractivity contribution in [1.82, 2.24) is 4.90 Å². The smallest absolute Gasteiger partial charge is 0.357 e. The van der Waals surface area contributed by atoms with E-state index < -0.39 is 36.3 Å². The molecule has 38 heavy (non-hydrogen) atoms. The van der Waals surface area contributed by atoms with Crippen LogP contribution < -0.4 is 5.73 Å². The van der Waals surface area contributed by atoms with Gasteiger partial charge in [-0.1, -0.05) is 39.5 Å². The van der Waals surface area contributed by atoms with Crippen LogP contribution in [0.2, 0.25) is 18.1 Å². The zero-order valence-corrected chi connectivity index (χ0v) is 25.3. The third-order valence-electron chi connectivity index (χ3n) is 7.19. The van der Waals surface area contributed by atoms with Crippen LogP contribution in [0.25, 0.3) is 0 Å². The summed E-state index contributed by atoms with van der Waals surface area (Å²) in [5.41, 5.74) is 6.16. The maximum Gasteiger partial charge on any atom is 0.357 e. The monoisotopic (exact) mass is 581 g/mol. The van der Waals surface area contributed by atoms with Gasteiger partial charge in [0.25, 0.3) is 5.69 Å². The first-order valence-electron chi connectivity index (χ1n) is 12.4. The Balaban J connectivity index is 1.81. The molecule has 208 valence electrons. The predicted octanol–water partition coefficient (Wildman–Crippen LogP) is 4.75.